The van der Waals surface area contributed by atoms with Gasteiger partial charge < -0.3 is 4.90 Å². The molecule has 0 saturated carbocycles. The van der Waals surface area contributed by atoms with Crippen molar-refractivity contribution in [1.82, 2.24) is 9.88 Å². The van der Waals surface area contributed by atoms with Crippen LogP contribution in [0.2, 0.25) is 0 Å². The van der Waals surface area contributed by atoms with Gasteiger partial charge in [-0.3, -0.25) is 4.98 Å². The summed E-state index contributed by atoms with van der Waals surface area (Å²) in [5.41, 5.74) is 5.12. The molecule has 1 aliphatic rings. The number of hydrogen-bond acceptors (Lipinski definition) is 2. The molecule has 0 aromatic carbocycles. The van der Waals surface area contributed by atoms with E-state index in [2.05, 4.69) is 63.0 Å². The van der Waals surface area contributed by atoms with Crippen LogP contribution in [0.3, 0.4) is 0 Å². The van der Waals surface area contributed by atoms with Crippen molar-refractivity contribution in [2.24, 2.45) is 0 Å². The highest BCUT2D eigenvalue weighted by atomic mass is 15.2. The van der Waals surface area contributed by atoms with Crippen LogP contribution in [0.4, 0.5) is 0 Å². The van der Waals surface area contributed by atoms with E-state index in [0.29, 0.717) is 0 Å². The van der Waals surface area contributed by atoms with Gasteiger partial charge in [0, 0.05) is 31.2 Å². The molecular formula is C15H20N2. The van der Waals surface area contributed by atoms with Crippen LogP contribution in [-0.2, 0) is 5.54 Å². The molecule has 2 nitrogen and oxygen atoms in total. The molecule has 2 heteroatoms. The zero-order valence-corrected chi connectivity index (χ0v) is 11.3. The Bertz CT molecular complexity index is 499. The Kier molecular flexibility index (Phi) is 2.82. The maximum Gasteiger partial charge on any atom is 0.0823 e. The number of nitrogens with zero attached hydrogens (tertiary/aromatic N) is 2. The van der Waals surface area contributed by atoms with Gasteiger partial charge in [0.05, 0.1) is 5.54 Å². The SMILES string of the molecule is CC1=CN(C)C(C)(c2cnccc2C)C=C1C. The third-order valence-corrected chi connectivity index (χ3v) is 3.82. The second kappa shape index (κ2) is 4.02. The fraction of sp³-hybridized carbons (Fsp3) is 0.400. The second-order valence-corrected chi connectivity index (χ2v) is 5.09. The summed E-state index contributed by atoms with van der Waals surface area (Å²) < 4.78 is 0. The van der Waals surface area contributed by atoms with Gasteiger partial charge in [-0.25, -0.2) is 0 Å². The monoisotopic (exact) mass is 228 g/mol. The molecule has 0 bridgehead atoms. The Morgan fingerprint density at radius 3 is 2.53 bits per heavy atom. The van der Waals surface area contributed by atoms with E-state index in [1.807, 2.05) is 12.4 Å². The zero-order chi connectivity index (χ0) is 12.6. The second-order valence-electron chi connectivity index (χ2n) is 5.09. The van der Waals surface area contributed by atoms with Crippen LogP contribution in [0.1, 0.15) is 31.9 Å². The molecule has 0 N–H and O–H groups in total. The highest BCUT2D eigenvalue weighted by Gasteiger charge is 2.31. The van der Waals surface area contributed by atoms with Crippen molar-refractivity contribution < 1.29 is 0 Å². The predicted octanol–water partition coefficient (Wildman–Crippen LogP) is 3.40. The molecule has 0 aliphatic carbocycles. The molecule has 0 spiro atoms. The number of hydrogen-bond donors (Lipinski definition) is 0. The number of rotatable bonds is 1. The van der Waals surface area contributed by atoms with Crippen LogP contribution in [0.25, 0.3) is 0 Å². The van der Waals surface area contributed by atoms with E-state index >= 15 is 0 Å². The zero-order valence-electron chi connectivity index (χ0n) is 11.3. The summed E-state index contributed by atoms with van der Waals surface area (Å²) in [5, 5.41) is 0. The van der Waals surface area contributed by atoms with Crippen LogP contribution in [0.5, 0.6) is 0 Å². The molecular weight excluding hydrogens is 208 g/mol. The maximum atomic E-state index is 4.27. The Morgan fingerprint density at radius 2 is 1.88 bits per heavy atom. The molecule has 1 aliphatic heterocycles. The molecule has 2 heterocycles. The Balaban J connectivity index is 2.55. The van der Waals surface area contributed by atoms with Crippen molar-refractivity contribution >= 4 is 0 Å². The van der Waals surface area contributed by atoms with Gasteiger partial charge in [0.2, 0.25) is 0 Å². The lowest BCUT2D eigenvalue weighted by atomic mass is 9.84. The van der Waals surface area contributed by atoms with Gasteiger partial charge in [0.1, 0.15) is 0 Å². The summed E-state index contributed by atoms with van der Waals surface area (Å²) in [6.07, 6.45) is 8.36. The minimum Gasteiger partial charge on any atom is -0.367 e. The van der Waals surface area contributed by atoms with Crippen molar-refractivity contribution in [2.75, 3.05) is 7.05 Å². The van der Waals surface area contributed by atoms with Gasteiger partial charge in [-0.05, 0) is 50.5 Å². The highest BCUT2D eigenvalue weighted by Crippen LogP contribution is 2.36. The van der Waals surface area contributed by atoms with Crippen LogP contribution >= 0.6 is 0 Å². The standard InChI is InChI=1S/C15H20N2/c1-11-6-7-16-9-14(11)15(4)8-12(2)13(3)10-17(15)5/h6-10H,1-5H3. The van der Waals surface area contributed by atoms with Crippen LogP contribution in [0, 0.1) is 6.92 Å². The van der Waals surface area contributed by atoms with Crippen molar-refractivity contribution in [3.63, 3.8) is 0 Å². The molecule has 0 radical (unpaired) electrons. The first-order chi connectivity index (χ1) is 7.95. The highest BCUT2D eigenvalue weighted by molar-refractivity contribution is 5.42. The van der Waals surface area contributed by atoms with Gasteiger partial charge in [0.15, 0.2) is 0 Å². The molecule has 2 rings (SSSR count). The number of likely N-dealkylation sites (N-methyl/N-ethyl adjacent to an activating group) is 1. The first kappa shape index (κ1) is 11.9. The third kappa shape index (κ3) is 1.88. The average Bonchev–Trinajstić information content (AvgIpc) is 2.27. The molecule has 0 fully saturated rings. The summed E-state index contributed by atoms with van der Waals surface area (Å²) >= 11 is 0. The van der Waals surface area contributed by atoms with E-state index in [1.54, 1.807) is 0 Å². The number of pyridine rings is 1. The normalized spacial score (nSPS) is 24.4. The first-order valence-corrected chi connectivity index (χ1v) is 5.97. The van der Waals surface area contributed by atoms with Gasteiger partial charge in [0.25, 0.3) is 0 Å². The van der Waals surface area contributed by atoms with Crippen LogP contribution in [0.15, 0.2) is 41.9 Å². The molecule has 1 atom stereocenters. The van der Waals surface area contributed by atoms with Crippen molar-refractivity contribution in [1.29, 1.82) is 0 Å². The lowest BCUT2D eigenvalue weighted by Crippen LogP contribution is -2.39. The van der Waals surface area contributed by atoms with Crippen molar-refractivity contribution in [3.05, 3.63) is 53.0 Å². The first-order valence-electron chi connectivity index (χ1n) is 5.97. The largest absolute Gasteiger partial charge is 0.367 e. The maximum absolute atomic E-state index is 4.27. The Hall–Kier alpha value is -1.57. The van der Waals surface area contributed by atoms with E-state index in [0.717, 1.165) is 0 Å². The summed E-state index contributed by atoms with van der Waals surface area (Å²) in [6, 6.07) is 2.07. The molecule has 0 amide bonds. The molecule has 1 unspecified atom stereocenters. The van der Waals surface area contributed by atoms with Gasteiger partial charge in [-0.1, -0.05) is 6.08 Å². The number of aromatic nitrogens is 1. The third-order valence-electron chi connectivity index (χ3n) is 3.82. The quantitative estimate of drug-likeness (QED) is 0.732. The van der Waals surface area contributed by atoms with Crippen molar-refractivity contribution in [2.45, 2.75) is 33.2 Å². The van der Waals surface area contributed by atoms with E-state index in [9.17, 15) is 0 Å². The van der Waals surface area contributed by atoms with E-state index in [-0.39, 0.29) is 5.54 Å². The van der Waals surface area contributed by atoms with Crippen LogP contribution < -0.4 is 0 Å². The molecule has 90 valence electrons. The Morgan fingerprint density at radius 1 is 1.18 bits per heavy atom. The van der Waals surface area contributed by atoms with Crippen LogP contribution in [-0.4, -0.2) is 16.9 Å². The van der Waals surface area contributed by atoms with Crippen molar-refractivity contribution in [3.8, 4) is 0 Å². The minimum atomic E-state index is -0.0953. The lowest BCUT2D eigenvalue weighted by Gasteiger charge is -2.40. The summed E-state index contributed by atoms with van der Waals surface area (Å²) in [4.78, 5) is 6.53. The summed E-state index contributed by atoms with van der Waals surface area (Å²) in [5.74, 6) is 0. The van der Waals surface area contributed by atoms with E-state index in [1.165, 1.54) is 22.3 Å². The molecule has 17 heavy (non-hydrogen) atoms. The average molecular weight is 228 g/mol. The van der Waals surface area contributed by atoms with Gasteiger partial charge >= 0.3 is 0 Å². The lowest BCUT2D eigenvalue weighted by molar-refractivity contribution is 0.256. The molecule has 1 aromatic rings. The number of allylic oxidation sites excluding steroid dienone is 2. The van der Waals surface area contributed by atoms with E-state index in [4.69, 9.17) is 0 Å². The fourth-order valence-corrected chi connectivity index (χ4v) is 2.43. The Labute approximate surface area is 104 Å². The number of aryl methyl sites for hydroxylation is 1. The predicted molar refractivity (Wildman–Crippen MR) is 71.6 cm³/mol. The van der Waals surface area contributed by atoms with E-state index < -0.39 is 0 Å². The molecule has 1 aromatic heterocycles. The fourth-order valence-electron chi connectivity index (χ4n) is 2.43. The summed E-state index contributed by atoms with van der Waals surface area (Å²) in [6.45, 7) is 8.70. The van der Waals surface area contributed by atoms with Gasteiger partial charge in [-0.2, -0.15) is 0 Å². The summed E-state index contributed by atoms with van der Waals surface area (Å²) in [7, 11) is 2.12. The molecule has 0 saturated heterocycles. The minimum absolute atomic E-state index is 0.0953. The smallest absolute Gasteiger partial charge is 0.0823 e. The van der Waals surface area contributed by atoms with Gasteiger partial charge in [-0.15, -0.1) is 0 Å². The topological polar surface area (TPSA) is 16.1 Å².